The lowest BCUT2D eigenvalue weighted by molar-refractivity contribution is -0.132. The Hall–Kier alpha value is -2.38. The van der Waals surface area contributed by atoms with Crippen LogP contribution in [0.4, 0.5) is 5.69 Å². The fourth-order valence-corrected chi connectivity index (χ4v) is 4.83. The first-order chi connectivity index (χ1) is 12.0. The number of rotatable bonds is 3. The second-order valence-electron chi connectivity index (χ2n) is 5.57. The summed E-state index contributed by atoms with van der Waals surface area (Å²) in [4.78, 5) is 12.5. The van der Waals surface area contributed by atoms with Gasteiger partial charge in [0.05, 0.1) is 10.6 Å². The molecule has 3 aromatic rings. The first-order valence-electron chi connectivity index (χ1n) is 7.47. The van der Waals surface area contributed by atoms with Crippen molar-refractivity contribution in [3.63, 3.8) is 0 Å². The van der Waals surface area contributed by atoms with Crippen LogP contribution in [-0.4, -0.2) is 20.9 Å². The molecule has 0 amide bonds. The van der Waals surface area contributed by atoms with Crippen LogP contribution in [0.1, 0.15) is 0 Å². The molecule has 0 atom stereocenters. The van der Waals surface area contributed by atoms with Gasteiger partial charge in [0.15, 0.2) is 0 Å². The van der Waals surface area contributed by atoms with Gasteiger partial charge >= 0.3 is 5.97 Å². The number of esters is 1. The number of anilines is 1. The second kappa shape index (κ2) is 5.86. The molecule has 1 aliphatic rings. The van der Waals surface area contributed by atoms with E-state index in [9.17, 15) is 13.2 Å². The van der Waals surface area contributed by atoms with Gasteiger partial charge < -0.3 is 4.74 Å². The quantitative estimate of drug-likeness (QED) is 0.481. The Morgan fingerprint density at radius 3 is 2.40 bits per heavy atom. The van der Waals surface area contributed by atoms with E-state index in [1.807, 2.05) is 12.1 Å². The Morgan fingerprint density at radius 2 is 1.68 bits per heavy atom. The molecule has 0 aliphatic carbocycles. The molecule has 0 saturated heterocycles. The van der Waals surface area contributed by atoms with Crippen molar-refractivity contribution in [3.8, 4) is 5.75 Å². The Labute approximate surface area is 153 Å². The van der Waals surface area contributed by atoms with Gasteiger partial charge in [0.1, 0.15) is 12.3 Å². The topological polar surface area (TPSA) is 63.7 Å². The van der Waals surface area contributed by atoms with Gasteiger partial charge in [-0.25, -0.2) is 13.2 Å². The van der Waals surface area contributed by atoms with E-state index in [0.717, 1.165) is 14.2 Å². The Balaban J connectivity index is 1.66. The maximum atomic E-state index is 12.8. The fourth-order valence-electron chi connectivity index (χ4n) is 2.91. The third-order valence-electron chi connectivity index (χ3n) is 4.00. The van der Waals surface area contributed by atoms with Crippen LogP contribution in [0.5, 0.6) is 5.75 Å². The number of nitrogens with zero attached hydrogens (tertiary/aromatic N) is 1. The number of benzene rings is 3. The van der Waals surface area contributed by atoms with Gasteiger partial charge in [-0.1, -0.05) is 40.2 Å². The third kappa shape index (κ3) is 2.69. The lowest BCUT2D eigenvalue weighted by Gasteiger charge is -2.17. The summed E-state index contributed by atoms with van der Waals surface area (Å²) in [5.41, 5.74) is 0.501. The fraction of sp³-hybridized carbons (Fsp3) is 0.0556. The van der Waals surface area contributed by atoms with Crippen molar-refractivity contribution < 1.29 is 17.9 Å². The van der Waals surface area contributed by atoms with E-state index in [4.69, 9.17) is 4.74 Å². The Kier molecular flexibility index (Phi) is 3.77. The molecule has 3 aromatic carbocycles. The van der Waals surface area contributed by atoms with Crippen molar-refractivity contribution in [3.05, 3.63) is 65.1 Å². The van der Waals surface area contributed by atoms with Gasteiger partial charge in [-0.2, -0.15) is 0 Å². The molecule has 126 valence electrons. The first-order valence-corrected chi connectivity index (χ1v) is 9.71. The normalized spacial score (nSPS) is 14.7. The summed E-state index contributed by atoms with van der Waals surface area (Å²) in [5.74, 6) is -0.281. The van der Waals surface area contributed by atoms with E-state index in [1.165, 1.54) is 0 Å². The zero-order valence-corrected chi connectivity index (χ0v) is 15.2. The molecule has 0 bridgehead atoms. The summed E-state index contributed by atoms with van der Waals surface area (Å²) in [5, 5.41) is 1.46. The molecule has 7 heteroatoms. The number of ether oxygens (including phenoxy) is 1. The summed E-state index contributed by atoms with van der Waals surface area (Å²) >= 11 is 3.30. The van der Waals surface area contributed by atoms with Crippen molar-refractivity contribution >= 4 is 48.4 Å². The summed E-state index contributed by atoms with van der Waals surface area (Å²) in [6, 6.07) is 17.2. The number of sulfonamides is 1. The van der Waals surface area contributed by atoms with Crippen LogP contribution in [0.25, 0.3) is 10.8 Å². The first kappa shape index (κ1) is 16.1. The Bertz CT molecular complexity index is 1090. The third-order valence-corrected chi connectivity index (χ3v) is 6.33. The average Bonchev–Trinajstić information content (AvgIpc) is 2.81. The molecule has 0 spiro atoms. The maximum Gasteiger partial charge on any atom is 0.332 e. The minimum atomic E-state index is -3.77. The van der Waals surface area contributed by atoms with E-state index in [0.29, 0.717) is 16.8 Å². The van der Waals surface area contributed by atoms with Crippen LogP contribution in [0.2, 0.25) is 0 Å². The van der Waals surface area contributed by atoms with Crippen molar-refractivity contribution in [1.29, 1.82) is 0 Å². The van der Waals surface area contributed by atoms with Crippen molar-refractivity contribution in [2.75, 3.05) is 10.8 Å². The number of hydrogen-bond donors (Lipinski definition) is 0. The highest BCUT2D eigenvalue weighted by Crippen LogP contribution is 2.41. The van der Waals surface area contributed by atoms with Gasteiger partial charge in [-0.15, -0.1) is 0 Å². The van der Waals surface area contributed by atoms with Crippen LogP contribution in [-0.2, 0) is 14.8 Å². The summed E-state index contributed by atoms with van der Waals surface area (Å²) in [6.07, 6.45) is 0. The van der Waals surface area contributed by atoms with Gasteiger partial charge in [-0.3, -0.25) is 4.31 Å². The molecule has 4 rings (SSSR count). The minimum Gasteiger partial charge on any atom is -0.425 e. The maximum absolute atomic E-state index is 12.8. The highest BCUT2D eigenvalue weighted by atomic mass is 79.9. The largest absolute Gasteiger partial charge is 0.425 e. The summed E-state index contributed by atoms with van der Waals surface area (Å²) in [6.45, 7) is -0.383. The molecule has 5 nitrogen and oxygen atoms in total. The van der Waals surface area contributed by atoms with Crippen LogP contribution in [0.15, 0.2) is 70.0 Å². The zero-order chi connectivity index (χ0) is 17.6. The van der Waals surface area contributed by atoms with Crippen LogP contribution in [0.3, 0.4) is 0 Å². The SMILES string of the molecule is O=C(CN1c2cccc3cccc(c23)S1(=O)=O)Oc1ccc(Br)cc1. The molecular formula is C18H12BrNO4S. The van der Waals surface area contributed by atoms with Gasteiger partial charge in [-0.05, 0) is 41.8 Å². The van der Waals surface area contributed by atoms with E-state index >= 15 is 0 Å². The summed E-state index contributed by atoms with van der Waals surface area (Å²) in [7, 11) is -3.77. The second-order valence-corrected chi connectivity index (χ2v) is 8.32. The monoisotopic (exact) mass is 417 g/mol. The molecular weight excluding hydrogens is 406 g/mol. The lowest BCUT2D eigenvalue weighted by Crippen LogP contribution is -2.34. The van der Waals surface area contributed by atoms with Crippen LogP contribution in [0, 0.1) is 0 Å². The zero-order valence-electron chi connectivity index (χ0n) is 12.8. The average molecular weight is 418 g/mol. The number of hydrogen-bond acceptors (Lipinski definition) is 4. The number of carbonyl (C=O) groups excluding carboxylic acids is 1. The van der Waals surface area contributed by atoms with Crippen LogP contribution < -0.4 is 9.04 Å². The molecule has 0 radical (unpaired) electrons. The molecule has 0 aromatic heterocycles. The van der Waals surface area contributed by atoms with Crippen molar-refractivity contribution in [2.45, 2.75) is 4.90 Å². The summed E-state index contributed by atoms with van der Waals surface area (Å²) < 4.78 is 32.8. The van der Waals surface area contributed by atoms with Crippen molar-refractivity contribution in [1.82, 2.24) is 0 Å². The van der Waals surface area contributed by atoms with E-state index in [-0.39, 0.29) is 11.4 Å². The molecule has 0 unspecified atom stereocenters. The van der Waals surface area contributed by atoms with Crippen LogP contribution >= 0.6 is 15.9 Å². The molecule has 0 N–H and O–H groups in total. The Morgan fingerprint density at radius 1 is 1.00 bits per heavy atom. The molecule has 0 saturated carbocycles. The smallest absolute Gasteiger partial charge is 0.332 e. The predicted octanol–water partition coefficient (Wildman–Crippen LogP) is 3.72. The van der Waals surface area contributed by atoms with E-state index in [2.05, 4.69) is 15.9 Å². The van der Waals surface area contributed by atoms with E-state index < -0.39 is 16.0 Å². The molecule has 1 heterocycles. The minimum absolute atomic E-state index is 0.219. The highest BCUT2D eigenvalue weighted by molar-refractivity contribution is 9.10. The standard InChI is InChI=1S/C18H12BrNO4S/c19-13-7-9-14(10-8-13)24-17(21)11-20-15-5-1-3-12-4-2-6-16(18(12)15)25(20,22)23/h1-10H,11H2. The number of carbonyl (C=O) groups is 1. The molecule has 0 fully saturated rings. The van der Waals surface area contributed by atoms with Gasteiger partial charge in [0.2, 0.25) is 0 Å². The predicted molar refractivity (Wildman–Crippen MR) is 98.3 cm³/mol. The highest BCUT2D eigenvalue weighted by Gasteiger charge is 2.37. The lowest BCUT2D eigenvalue weighted by atomic mass is 10.1. The number of halogens is 1. The molecule has 1 aliphatic heterocycles. The molecule has 25 heavy (non-hydrogen) atoms. The van der Waals surface area contributed by atoms with Crippen molar-refractivity contribution in [2.24, 2.45) is 0 Å². The van der Waals surface area contributed by atoms with E-state index in [1.54, 1.807) is 48.5 Å². The van der Waals surface area contributed by atoms with Gasteiger partial charge in [0.25, 0.3) is 10.0 Å². The van der Waals surface area contributed by atoms with Gasteiger partial charge in [0, 0.05) is 9.86 Å².